The monoisotopic (exact) mass is 330 g/mol. The number of alkyl halides is 2. The smallest absolute Gasteiger partial charge is 0.387 e. The number of aryl methyl sites for hydroxylation is 1. The number of aromatic nitrogens is 3. The number of hydrogen-bond acceptors (Lipinski definition) is 4. The third-order valence-corrected chi connectivity index (χ3v) is 3.89. The maximum Gasteiger partial charge on any atom is 0.387 e. The third kappa shape index (κ3) is 3.59. The summed E-state index contributed by atoms with van der Waals surface area (Å²) in [5.74, 6) is 1.55. The van der Waals surface area contributed by atoms with Crippen LogP contribution in [0.3, 0.4) is 0 Å². The molecule has 0 amide bonds. The minimum absolute atomic E-state index is 0.0806. The van der Waals surface area contributed by atoms with Gasteiger partial charge in [-0.1, -0.05) is 18.6 Å². The highest BCUT2D eigenvalue weighted by Crippen LogP contribution is 2.22. The Morgan fingerprint density at radius 2 is 2.00 bits per heavy atom. The van der Waals surface area contributed by atoms with Gasteiger partial charge in [-0.3, -0.25) is 0 Å². The van der Waals surface area contributed by atoms with Gasteiger partial charge in [-0.25, -0.2) is 0 Å². The molecule has 0 spiro atoms. The Labute approximate surface area is 138 Å². The average Bonchev–Trinajstić information content (AvgIpc) is 2.82. The molecule has 0 N–H and O–H groups in total. The first-order valence-electron chi connectivity index (χ1n) is 7.76. The van der Waals surface area contributed by atoms with Crippen LogP contribution in [0.15, 0.2) is 24.3 Å². The zero-order valence-corrected chi connectivity index (χ0v) is 13.0. The summed E-state index contributed by atoms with van der Waals surface area (Å²) in [5.41, 5.74) is 1.11. The second-order valence-electron chi connectivity index (χ2n) is 5.52. The molecule has 24 heavy (non-hydrogen) atoms. The van der Waals surface area contributed by atoms with Crippen molar-refractivity contribution in [3.63, 3.8) is 0 Å². The van der Waals surface area contributed by atoms with E-state index in [4.69, 9.17) is 0 Å². The fraction of sp³-hybridized carbons (Fsp3) is 0.353. The van der Waals surface area contributed by atoms with Crippen LogP contribution in [-0.2, 0) is 13.0 Å². The molecule has 5 nitrogen and oxygen atoms in total. The Balaban J connectivity index is 1.88. The molecule has 0 bridgehead atoms. The Hall–Kier alpha value is -2.75. The standard InChI is InChI=1S/C17H16F2N4O/c18-17(19)24-14-7-5-12(6-8-14)10-13(11-20)16-22-21-15-4-2-1-3-9-23(15)16/h5-8,10,17H,1-4,9H2/b13-10+. The van der Waals surface area contributed by atoms with E-state index in [0.29, 0.717) is 17.0 Å². The molecule has 124 valence electrons. The van der Waals surface area contributed by atoms with Crippen molar-refractivity contribution in [1.29, 1.82) is 5.26 Å². The van der Waals surface area contributed by atoms with Gasteiger partial charge in [0.25, 0.3) is 0 Å². The SMILES string of the molecule is N#C/C(=C\c1ccc(OC(F)F)cc1)c1nnc2n1CCCCC2. The van der Waals surface area contributed by atoms with Crippen molar-refractivity contribution in [1.82, 2.24) is 14.8 Å². The summed E-state index contributed by atoms with van der Waals surface area (Å²) in [4.78, 5) is 0. The number of benzene rings is 1. The zero-order chi connectivity index (χ0) is 16.9. The topological polar surface area (TPSA) is 63.7 Å². The molecule has 0 fully saturated rings. The van der Waals surface area contributed by atoms with Gasteiger partial charge in [-0.2, -0.15) is 14.0 Å². The van der Waals surface area contributed by atoms with Gasteiger partial charge in [0.1, 0.15) is 17.6 Å². The van der Waals surface area contributed by atoms with Gasteiger partial charge in [0.05, 0.1) is 5.57 Å². The number of rotatable bonds is 4. The van der Waals surface area contributed by atoms with Crippen LogP contribution in [0.4, 0.5) is 8.78 Å². The number of nitriles is 1. The van der Waals surface area contributed by atoms with Crippen LogP contribution in [-0.4, -0.2) is 21.4 Å². The highest BCUT2D eigenvalue weighted by Gasteiger charge is 2.17. The fourth-order valence-corrected chi connectivity index (χ4v) is 2.74. The first-order valence-corrected chi connectivity index (χ1v) is 7.76. The zero-order valence-electron chi connectivity index (χ0n) is 13.0. The van der Waals surface area contributed by atoms with E-state index in [1.165, 1.54) is 12.1 Å². The van der Waals surface area contributed by atoms with E-state index in [1.807, 2.05) is 4.57 Å². The van der Waals surface area contributed by atoms with Gasteiger partial charge in [-0.05, 0) is 36.6 Å². The van der Waals surface area contributed by atoms with Crippen LogP contribution >= 0.6 is 0 Å². The maximum absolute atomic E-state index is 12.2. The number of halogens is 2. The van der Waals surface area contributed by atoms with Crippen molar-refractivity contribution in [2.75, 3.05) is 0 Å². The molecule has 1 aliphatic heterocycles. The second-order valence-corrected chi connectivity index (χ2v) is 5.52. The van der Waals surface area contributed by atoms with E-state index in [2.05, 4.69) is 21.0 Å². The molecule has 0 radical (unpaired) electrons. The van der Waals surface area contributed by atoms with Crippen LogP contribution in [0.2, 0.25) is 0 Å². The van der Waals surface area contributed by atoms with Crippen LogP contribution in [0, 0.1) is 11.3 Å². The third-order valence-electron chi connectivity index (χ3n) is 3.89. The molecule has 0 aliphatic carbocycles. The van der Waals surface area contributed by atoms with E-state index < -0.39 is 6.61 Å². The maximum atomic E-state index is 12.2. The lowest BCUT2D eigenvalue weighted by atomic mass is 10.1. The van der Waals surface area contributed by atoms with Crippen LogP contribution in [0.25, 0.3) is 11.6 Å². The first kappa shape index (κ1) is 16.1. The number of fused-ring (bicyclic) bond motifs is 1. The van der Waals surface area contributed by atoms with E-state index in [1.54, 1.807) is 18.2 Å². The summed E-state index contributed by atoms with van der Waals surface area (Å²) in [5, 5.41) is 17.8. The van der Waals surface area contributed by atoms with Crippen molar-refractivity contribution in [3.8, 4) is 11.8 Å². The largest absolute Gasteiger partial charge is 0.435 e. The van der Waals surface area contributed by atoms with E-state index in [9.17, 15) is 14.0 Å². The molecule has 1 aromatic heterocycles. The highest BCUT2D eigenvalue weighted by molar-refractivity contribution is 5.87. The molecule has 1 aromatic carbocycles. The van der Waals surface area contributed by atoms with Crippen molar-refractivity contribution >= 4 is 11.6 Å². The minimum Gasteiger partial charge on any atom is -0.435 e. The van der Waals surface area contributed by atoms with Crippen LogP contribution < -0.4 is 4.74 Å². The molecular weight excluding hydrogens is 314 g/mol. The quantitative estimate of drug-likeness (QED) is 0.802. The average molecular weight is 330 g/mol. The number of nitrogens with zero attached hydrogens (tertiary/aromatic N) is 4. The van der Waals surface area contributed by atoms with Gasteiger partial charge >= 0.3 is 6.61 Å². The summed E-state index contributed by atoms with van der Waals surface area (Å²) in [6, 6.07) is 8.28. The number of allylic oxidation sites excluding steroid dienone is 1. The summed E-state index contributed by atoms with van der Waals surface area (Å²) < 4.78 is 30.7. The van der Waals surface area contributed by atoms with Crippen molar-refractivity contribution < 1.29 is 13.5 Å². The second kappa shape index (κ2) is 7.21. The van der Waals surface area contributed by atoms with Crippen LogP contribution in [0.5, 0.6) is 5.75 Å². The molecule has 2 heterocycles. The Kier molecular flexibility index (Phi) is 4.85. The molecule has 3 rings (SSSR count). The lowest BCUT2D eigenvalue weighted by Crippen LogP contribution is -2.05. The summed E-state index contributed by atoms with van der Waals surface area (Å²) in [7, 11) is 0. The molecular formula is C17H16F2N4O. The number of hydrogen-bond donors (Lipinski definition) is 0. The first-order chi connectivity index (χ1) is 11.7. The molecule has 7 heteroatoms. The van der Waals surface area contributed by atoms with Gasteiger partial charge in [0.15, 0.2) is 5.82 Å². The van der Waals surface area contributed by atoms with Gasteiger partial charge < -0.3 is 9.30 Å². The molecule has 1 aliphatic rings. The highest BCUT2D eigenvalue weighted by atomic mass is 19.3. The lowest BCUT2D eigenvalue weighted by Gasteiger charge is -2.06. The predicted molar refractivity (Wildman–Crippen MR) is 84.1 cm³/mol. The molecule has 0 saturated carbocycles. The van der Waals surface area contributed by atoms with Gasteiger partial charge in [0.2, 0.25) is 0 Å². The molecule has 0 unspecified atom stereocenters. The molecule has 2 aromatic rings. The Morgan fingerprint density at radius 3 is 2.71 bits per heavy atom. The van der Waals surface area contributed by atoms with Gasteiger partial charge in [-0.15, -0.1) is 10.2 Å². The van der Waals surface area contributed by atoms with Crippen molar-refractivity contribution in [2.45, 2.75) is 38.8 Å². The van der Waals surface area contributed by atoms with Crippen molar-refractivity contribution in [2.24, 2.45) is 0 Å². The number of ether oxygens (including phenoxy) is 1. The van der Waals surface area contributed by atoms with Crippen LogP contribution in [0.1, 0.15) is 36.5 Å². The molecule has 0 atom stereocenters. The predicted octanol–water partition coefficient (Wildman–Crippen LogP) is 3.67. The van der Waals surface area contributed by atoms with E-state index >= 15 is 0 Å². The summed E-state index contributed by atoms with van der Waals surface area (Å²) in [6.07, 6.45) is 5.80. The summed E-state index contributed by atoms with van der Waals surface area (Å²) >= 11 is 0. The Bertz CT molecular complexity index is 775. The minimum atomic E-state index is -2.85. The van der Waals surface area contributed by atoms with Crippen molar-refractivity contribution in [3.05, 3.63) is 41.5 Å². The fourth-order valence-electron chi connectivity index (χ4n) is 2.74. The van der Waals surface area contributed by atoms with E-state index in [-0.39, 0.29) is 5.75 Å². The summed E-state index contributed by atoms with van der Waals surface area (Å²) in [6.45, 7) is -2.05. The normalized spacial score (nSPS) is 14.8. The Morgan fingerprint density at radius 1 is 1.21 bits per heavy atom. The molecule has 0 saturated heterocycles. The lowest BCUT2D eigenvalue weighted by molar-refractivity contribution is -0.0498. The van der Waals surface area contributed by atoms with E-state index in [0.717, 1.165) is 38.1 Å². The van der Waals surface area contributed by atoms with Gasteiger partial charge in [0, 0.05) is 13.0 Å².